The van der Waals surface area contributed by atoms with Gasteiger partial charge in [0.15, 0.2) is 0 Å². The number of hydrogen-bond acceptors (Lipinski definition) is 3. The fourth-order valence-corrected chi connectivity index (χ4v) is 2.11. The Hall–Kier alpha value is -1.84. The highest BCUT2D eigenvalue weighted by Gasteiger charge is 2.08. The molecule has 2 rings (SSSR count). The normalized spacial score (nSPS) is 11.4. The van der Waals surface area contributed by atoms with E-state index in [9.17, 15) is 4.79 Å². The molecule has 0 aromatic heterocycles. The quantitative estimate of drug-likeness (QED) is 0.813. The van der Waals surface area contributed by atoms with Crippen molar-refractivity contribution >= 4 is 18.4 Å². The van der Waals surface area contributed by atoms with E-state index in [0.717, 1.165) is 12.1 Å². The second-order valence-corrected chi connectivity index (χ2v) is 4.93. The first-order valence-corrected chi connectivity index (χ1v) is 7.25. The number of carbonyl (C=O) groups excluding carboxylic acids is 1. The molecular weight excluding hydrogens is 298 g/mol. The summed E-state index contributed by atoms with van der Waals surface area (Å²) in [5, 5.41) is 3.47. The van der Waals surface area contributed by atoms with Crippen LogP contribution >= 0.6 is 12.4 Å². The molecule has 0 fully saturated rings. The Morgan fingerprint density at radius 2 is 1.73 bits per heavy atom. The molecule has 1 atom stereocenters. The van der Waals surface area contributed by atoms with Crippen molar-refractivity contribution in [2.24, 2.45) is 0 Å². The van der Waals surface area contributed by atoms with E-state index in [1.807, 2.05) is 49.4 Å². The highest BCUT2D eigenvalue weighted by molar-refractivity contribution is 5.89. The van der Waals surface area contributed by atoms with Crippen LogP contribution in [0.4, 0.5) is 0 Å². The second-order valence-electron chi connectivity index (χ2n) is 4.93. The van der Waals surface area contributed by atoms with Gasteiger partial charge in [0, 0.05) is 12.6 Å². The largest absolute Gasteiger partial charge is 0.462 e. The smallest absolute Gasteiger partial charge is 0.338 e. The van der Waals surface area contributed by atoms with Crippen molar-refractivity contribution in [3.8, 4) is 0 Å². The molecule has 22 heavy (non-hydrogen) atoms. The Morgan fingerprint density at radius 3 is 2.32 bits per heavy atom. The fraction of sp³-hybridized carbons (Fsp3) is 0.278. The molecule has 4 heteroatoms. The standard InChI is InChI=1S/C18H21NO2.ClH/c1-3-21-18(20)17-11-9-16(10-12-17)14(2)19-13-15-7-5-4-6-8-15;/h4-12,14,19H,3,13H2,1-2H3;1H. The molecule has 0 saturated heterocycles. The van der Waals surface area contributed by atoms with Gasteiger partial charge >= 0.3 is 5.97 Å². The van der Waals surface area contributed by atoms with Crippen LogP contribution in [0.5, 0.6) is 0 Å². The van der Waals surface area contributed by atoms with Crippen LogP contribution in [-0.2, 0) is 11.3 Å². The molecule has 0 amide bonds. The molecule has 0 aliphatic rings. The lowest BCUT2D eigenvalue weighted by molar-refractivity contribution is 0.0526. The van der Waals surface area contributed by atoms with Gasteiger partial charge in [0.1, 0.15) is 0 Å². The number of ether oxygens (including phenoxy) is 1. The maximum Gasteiger partial charge on any atom is 0.338 e. The lowest BCUT2D eigenvalue weighted by atomic mass is 10.1. The molecule has 0 bridgehead atoms. The molecular formula is C18H22ClNO2. The first kappa shape index (κ1) is 18.2. The zero-order valence-electron chi connectivity index (χ0n) is 12.9. The summed E-state index contributed by atoms with van der Waals surface area (Å²) < 4.78 is 4.98. The monoisotopic (exact) mass is 319 g/mol. The van der Waals surface area contributed by atoms with Gasteiger partial charge in [0.05, 0.1) is 12.2 Å². The zero-order valence-corrected chi connectivity index (χ0v) is 13.7. The van der Waals surface area contributed by atoms with Gasteiger partial charge in [-0.3, -0.25) is 0 Å². The predicted octanol–water partition coefficient (Wildman–Crippen LogP) is 4.14. The van der Waals surface area contributed by atoms with Gasteiger partial charge in [-0.1, -0.05) is 42.5 Å². The summed E-state index contributed by atoms with van der Waals surface area (Å²) in [6, 6.07) is 18.1. The number of esters is 1. The van der Waals surface area contributed by atoms with Crippen molar-refractivity contribution in [1.82, 2.24) is 5.32 Å². The Labute approximate surface area is 138 Å². The Morgan fingerprint density at radius 1 is 1.09 bits per heavy atom. The van der Waals surface area contributed by atoms with Crippen LogP contribution < -0.4 is 5.32 Å². The Kier molecular flexibility index (Phi) is 7.64. The lowest BCUT2D eigenvalue weighted by Gasteiger charge is -2.14. The summed E-state index contributed by atoms with van der Waals surface area (Å²) >= 11 is 0. The highest BCUT2D eigenvalue weighted by atomic mass is 35.5. The summed E-state index contributed by atoms with van der Waals surface area (Å²) in [6.45, 7) is 5.14. The van der Waals surface area contributed by atoms with E-state index in [1.54, 1.807) is 0 Å². The van der Waals surface area contributed by atoms with Gasteiger partial charge < -0.3 is 10.1 Å². The van der Waals surface area contributed by atoms with Crippen LogP contribution in [0.1, 0.15) is 41.4 Å². The van der Waals surface area contributed by atoms with Crippen LogP contribution in [0.15, 0.2) is 54.6 Å². The SMILES string of the molecule is CCOC(=O)c1ccc(C(C)NCc2ccccc2)cc1.Cl. The minimum absolute atomic E-state index is 0. The third-order valence-corrected chi connectivity index (χ3v) is 3.38. The average Bonchev–Trinajstić information content (AvgIpc) is 2.54. The zero-order chi connectivity index (χ0) is 15.1. The molecule has 0 radical (unpaired) electrons. The minimum atomic E-state index is -0.269. The maximum atomic E-state index is 11.6. The molecule has 0 spiro atoms. The third kappa shape index (κ3) is 5.17. The maximum absolute atomic E-state index is 11.6. The molecule has 2 aromatic rings. The van der Waals surface area contributed by atoms with Gasteiger partial charge in [-0.05, 0) is 37.1 Å². The predicted molar refractivity (Wildman–Crippen MR) is 91.3 cm³/mol. The minimum Gasteiger partial charge on any atom is -0.462 e. The molecule has 118 valence electrons. The van der Waals surface area contributed by atoms with E-state index in [0.29, 0.717) is 12.2 Å². The molecule has 3 nitrogen and oxygen atoms in total. The van der Waals surface area contributed by atoms with E-state index in [4.69, 9.17) is 4.74 Å². The summed E-state index contributed by atoms with van der Waals surface area (Å²) in [5.41, 5.74) is 3.00. The van der Waals surface area contributed by atoms with E-state index in [1.165, 1.54) is 5.56 Å². The first-order chi connectivity index (χ1) is 10.2. The molecule has 0 heterocycles. The molecule has 2 aromatic carbocycles. The number of carbonyl (C=O) groups is 1. The van der Waals surface area contributed by atoms with E-state index in [-0.39, 0.29) is 24.4 Å². The molecule has 0 aliphatic heterocycles. The molecule has 1 N–H and O–H groups in total. The number of nitrogens with one attached hydrogen (secondary N) is 1. The van der Waals surface area contributed by atoms with Crippen molar-refractivity contribution in [3.63, 3.8) is 0 Å². The van der Waals surface area contributed by atoms with Crippen LogP contribution in [0.2, 0.25) is 0 Å². The molecule has 1 unspecified atom stereocenters. The summed E-state index contributed by atoms with van der Waals surface area (Å²) in [6.07, 6.45) is 0. The third-order valence-electron chi connectivity index (χ3n) is 3.38. The number of benzene rings is 2. The van der Waals surface area contributed by atoms with E-state index >= 15 is 0 Å². The van der Waals surface area contributed by atoms with Gasteiger partial charge in [0.2, 0.25) is 0 Å². The van der Waals surface area contributed by atoms with Gasteiger partial charge in [0.25, 0.3) is 0 Å². The van der Waals surface area contributed by atoms with Crippen molar-refractivity contribution < 1.29 is 9.53 Å². The topological polar surface area (TPSA) is 38.3 Å². The summed E-state index contributed by atoms with van der Waals surface area (Å²) in [4.78, 5) is 11.6. The Balaban J connectivity index is 0.00000242. The van der Waals surface area contributed by atoms with Crippen molar-refractivity contribution in [2.45, 2.75) is 26.4 Å². The van der Waals surface area contributed by atoms with Gasteiger partial charge in [-0.2, -0.15) is 0 Å². The summed E-state index contributed by atoms with van der Waals surface area (Å²) in [7, 11) is 0. The van der Waals surface area contributed by atoms with E-state index in [2.05, 4.69) is 24.4 Å². The Bertz CT molecular complexity index is 569. The molecule has 0 saturated carbocycles. The van der Waals surface area contributed by atoms with Gasteiger partial charge in [-0.25, -0.2) is 4.79 Å². The van der Waals surface area contributed by atoms with Crippen molar-refractivity contribution in [2.75, 3.05) is 6.61 Å². The van der Waals surface area contributed by atoms with Crippen LogP contribution in [-0.4, -0.2) is 12.6 Å². The lowest BCUT2D eigenvalue weighted by Crippen LogP contribution is -2.18. The van der Waals surface area contributed by atoms with Crippen LogP contribution in [0, 0.1) is 0 Å². The van der Waals surface area contributed by atoms with Crippen LogP contribution in [0.25, 0.3) is 0 Å². The number of hydrogen-bond donors (Lipinski definition) is 1. The van der Waals surface area contributed by atoms with Crippen molar-refractivity contribution in [3.05, 3.63) is 71.3 Å². The fourth-order valence-electron chi connectivity index (χ4n) is 2.11. The first-order valence-electron chi connectivity index (χ1n) is 7.25. The second kappa shape index (κ2) is 9.23. The number of rotatable bonds is 6. The van der Waals surface area contributed by atoms with E-state index < -0.39 is 0 Å². The molecule has 0 aliphatic carbocycles. The average molecular weight is 320 g/mol. The van der Waals surface area contributed by atoms with Crippen LogP contribution in [0.3, 0.4) is 0 Å². The summed E-state index contributed by atoms with van der Waals surface area (Å²) in [5.74, 6) is -0.269. The number of halogens is 1. The van der Waals surface area contributed by atoms with Crippen molar-refractivity contribution in [1.29, 1.82) is 0 Å². The highest BCUT2D eigenvalue weighted by Crippen LogP contribution is 2.15. The van der Waals surface area contributed by atoms with Gasteiger partial charge in [-0.15, -0.1) is 12.4 Å².